The van der Waals surface area contributed by atoms with Gasteiger partial charge in [0.1, 0.15) is 11.4 Å². The van der Waals surface area contributed by atoms with E-state index in [0.29, 0.717) is 12.0 Å². The van der Waals surface area contributed by atoms with Crippen molar-refractivity contribution in [2.24, 2.45) is 5.92 Å². The predicted octanol–water partition coefficient (Wildman–Crippen LogP) is 3.92. The summed E-state index contributed by atoms with van der Waals surface area (Å²) < 4.78 is 6.31. The second kappa shape index (κ2) is 5.31. The second-order valence-corrected chi connectivity index (χ2v) is 5.58. The third-order valence-electron chi connectivity index (χ3n) is 4.35. The number of ether oxygens (including phenoxy) is 1. The lowest BCUT2D eigenvalue weighted by atomic mass is 9.79. The van der Waals surface area contributed by atoms with E-state index >= 15 is 0 Å². The Morgan fingerprint density at radius 3 is 2.78 bits per heavy atom. The van der Waals surface area contributed by atoms with Crippen LogP contribution in [0.1, 0.15) is 52.1 Å². The summed E-state index contributed by atoms with van der Waals surface area (Å²) in [4.78, 5) is 0. The van der Waals surface area contributed by atoms with Gasteiger partial charge in [-0.05, 0) is 31.9 Å². The first-order valence-corrected chi connectivity index (χ1v) is 7.12. The zero-order valence-electron chi connectivity index (χ0n) is 12.0. The van der Waals surface area contributed by atoms with Gasteiger partial charge in [0, 0.05) is 18.0 Å². The summed E-state index contributed by atoms with van der Waals surface area (Å²) in [5, 5.41) is 3.59. The van der Waals surface area contributed by atoms with E-state index in [9.17, 15) is 0 Å². The molecule has 3 unspecified atom stereocenters. The van der Waals surface area contributed by atoms with Crippen LogP contribution in [0.4, 0.5) is 0 Å². The molecule has 0 saturated heterocycles. The average Bonchev–Trinajstić information content (AvgIpc) is 2.38. The van der Waals surface area contributed by atoms with Crippen LogP contribution in [0.5, 0.6) is 5.75 Å². The van der Waals surface area contributed by atoms with Gasteiger partial charge in [0.15, 0.2) is 0 Å². The van der Waals surface area contributed by atoms with Crippen LogP contribution in [0.3, 0.4) is 0 Å². The highest BCUT2D eigenvalue weighted by atomic mass is 16.5. The monoisotopic (exact) mass is 247 g/mol. The van der Waals surface area contributed by atoms with Crippen molar-refractivity contribution >= 4 is 0 Å². The summed E-state index contributed by atoms with van der Waals surface area (Å²) >= 11 is 0. The van der Waals surface area contributed by atoms with E-state index in [4.69, 9.17) is 4.74 Å². The number of hydrogen-bond acceptors (Lipinski definition) is 2. The van der Waals surface area contributed by atoms with Gasteiger partial charge >= 0.3 is 0 Å². The molecule has 100 valence electrons. The minimum atomic E-state index is -0.0596. The molecule has 2 rings (SSSR count). The van der Waals surface area contributed by atoms with Gasteiger partial charge in [0.2, 0.25) is 0 Å². The van der Waals surface area contributed by atoms with Crippen LogP contribution in [0.2, 0.25) is 0 Å². The average molecular weight is 247 g/mol. The highest BCUT2D eigenvalue weighted by Crippen LogP contribution is 2.43. The molecule has 1 aliphatic rings. The van der Waals surface area contributed by atoms with Crippen molar-refractivity contribution in [1.29, 1.82) is 0 Å². The molecule has 1 aromatic carbocycles. The molecule has 1 aliphatic heterocycles. The standard InChI is InChI=1S/C16H25NO/c1-5-12(3)16(4)11-14(17-6-2)13-9-7-8-10-15(13)18-16/h7-10,12,14,17H,5-6,11H2,1-4H3. The maximum atomic E-state index is 6.31. The Hall–Kier alpha value is -1.02. The van der Waals surface area contributed by atoms with Crippen molar-refractivity contribution in [3.63, 3.8) is 0 Å². The van der Waals surface area contributed by atoms with E-state index in [2.05, 4.69) is 57.3 Å². The molecule has 0 amide bonds. The van der Waals surface area contributed by atoms with Gasteiger partial charge in [-0.3, -0.25) is 0 Å². The molecule has 3 atom stereocenters. The quantitative estimate of drug-likeness (QED) is 0.870. The third-order valence-corrected chi connectivity index (χ3v) is 4.35. The summed E-state index contributed by atoms with van der Waals surface area (Å²) in [5.74, 6) is 1.62. The van der Waals surface area contributed by atoms with Crippen LogP contribution in [-0.4, -0.2) is 12.1 Å². The Balaban J connectivity index is 2.33. The predicted molar refractivity (Wildman–Crippen MR) is 76.0 cm³/mol. The van der Waals surface area contributed by atoms with Crippen molar-refractivity contribution in [3.8, 4) is 5.75 Å². The topological polar surface area (TPSA) is 21.3 Å². The molecule has 18 heavy (non-hydrogen) atoms. The fourth-order valence-electron chi connectivity index (χ4n) is 2.83. The van der Waals surface area contributed by atoms with Gasteiger partial charge < -0.3 is 10.1 Å². The Kier molecular flexibility index (Phi) is 3.96. The summed E-state index contributed by atoms with van der Waals surface area (Å²) in [7, 11) is 0. The molecular formula is C16H25NO. The zero-order chi connectivity index (χ0) is 13.2. The maximum Gasteiger partial charge on any atom is 0.124 e. The highest BCUT2D eigenvalue weighted by molar-refractivity contribution is 5.39. The largest absolute Gasteiger partial charge is 0.487 e. The number of hydrogen-bond donors (Lipinski definition) is 1. The number of nitrogens with one attached hydrogen (secondary N) is 1. The van der Waals surface area contributed by atoms with E-state index in [-0.39, 0.29) is 5.60 Å². The molecule has 0 aliphatic carbocycles. The van der Waals surface area contributed by atoms with Gasteiger partial charge in [-0.25, -0.2) is 0 Å². The lowest BCUT2D eigenvalue weighted by Gasteiger charge is -2.43. The van der Waals surface area contributed by atoms with Crippen molar-refractivity contribution in [1.82, 2.24) is 5.32 Å². The third kappa shape index (κ3) is 2.39. The number of fused-ring (bicyclic) bond motifs is 1. The molecule has 0 aromatic heterocycles. The van der Waals surface area contributed by atoms with Gasteiger partial charge in [0.05, 0.1) is 0 Å². The van der Waals surface area contributed by atoms with Crippen LogP contribution in [0, 0.1) is 5.92 Å². The molecule has 0 bridgehead atoms. The number of para-hydroxylation sites is 1. The molecule has 1 aromatic rings. The van der Waals surface area contributed by atoms with Crippen molar-refractivity contribution in [2.75, 3.05) is 6.54 Å². The molecule has 0 spiro atoms. The highest BCUT2D eigenvalue weighted by Gasteiger charge is 2.40. The minimum absolute atomic E-state index is 0.0596. The SMILES string of the molecule is CCNC1CC(C)(C(C)CC)Oc2ccccc21. The molecule has 0 radical (unpaired) electrons. The normalized spacial score (nSPS) is 28.3. The lowest BCUT2D eigenvalue weighted by Crippen LogP contribution is -2.46. The molecule has 1 N–H and O–H groups in total. The Bertz CT molecular complexity index is 404. The molecule has 1 heterocycles. The molecular weight excluding hydrogens is 222 g/mol. The summed E-state index contributed by atoms with van der Waals surface area (Å²) in [6, 6.07) is 8.85. The first kappa shape index (κ1) is 13.4. The first-order valence-electron chi connectivity index (χ1n) is 7.12. The van der Waals surface area contributed by atoms with Crippen LogP contribution >= 0.6 is 0 Å². The van der Waals surface area contributed by atoms with Crippen molar-refractivity contribution < 1.29 is 4.74 Å². The first-order chi connectivity index (χ1) is 8.60. The van der Waals surface area contributed by atoms with Crippen molar-refractivity contribution in [3.05, 3.63) is 29.8 Å². The van der Waals surface area contributed by atoms with Gasteiger partial charge in [-0.2, -0.15) is 0 Å². The minimum Gasteiger partial charge on any atom is -0.487 e. The van der Waals surface area contributed by atoms with Crippen LogP contribution in [0.25, 0.3) is 0 Å². The molecule has 2 heteroatoms. The Morgan fingerprint density at radius 1 is 1.39 bits per heavy atom. The van der Waals surface area contributed by atoms with Crippen LogP contribution < -0.4 is 10.1 Å². The van der Waals surface area contributed by atoms with Crippen molar-refractivity contribution in [2.45, 2.75) is 52.2 Å². The van der Waals surface area contributed by atoms with E-state index in [1.54, 1.807) is 0 Å². The van der Waals surface area contributed by atoms with E-state index in [0.717, 1.165) is 25.1 Å². The second-order valence-electron chi connectivity index (χ2n) is 5.58. The Labute approximate surface area is 111 Å². The smallest absolute Gasteiger partial charge is 0.124 e. The summed E-state index contributed by atoms with van der Waals surface area (Å²) in [6.07, 6.45) is 2.20. The van der Waals surface area contributed by atoms with E-state index in [1.807, 2.05) is 0 Å². The summed E-state index contributed by atoms with van der Waals surface area (Å²) in [5.41, 5.74) is 1.25. The van der Waals surface area contributed by atoms with Crippen LogP contribution in [0.15, 0.2) is 24.3 Å². The van der Waals surface area contributed by atoms with E-state index < -0.39 is 0 Å². The maximum absolute atomic E-state index is 6.31. The van der Waals surface area contributed by atoms with Crippen LogP contribution in [-0.2, 0) is 0 Å². The van der Waals surface area contributed by atoms with Gasteiger partial charge in [-0.1, -0.05) is 39.0 Å². The van der Waals surface area contributed by atoms with Gasteiger partial charge in [-0.15, -0.1) is 0 Å². The lowest BCUT2D eigenvalue weighted by molar-refractivity contribution is -0.00187. The fraction of sp³-hybridized carbons (Fsp3) is 0.625. The fourth-order valence-corrected chi connectivity index (χ4v) is 2.83. The van der Waals surface area contributed by atoms with E-state index in [1.165, 1.54) is 5.56 Å². The Morgan fingerprint density at radius 2 is 2.11 bits per heavy atom. The molecule has 0 saturated carbocycles. The number of benzene rings is 1. The molecule has 2 nitrogen and oxygen atoms in total. The zero-order valence-corrected chi connectivity index (χ0v) is 12.0. The van der Waals surface area contributed by atoms with Gasteiger partial charge in [0.25, 0.3) is 0 Å². The summed E-state index contributed by atoms with van der Waals surface area (Å²) in [6.45, 7) is 9.94. The number of rotatable bonds is 4. The molecule has 0 fully saturated rings.